The van der Waals surface area contributed by atoms with Crippen molar-refractivity contribution in [1.82, 2.24) is 5.01 Å². The SMILES string of the molecule is CC(C)CC(CCC=Cc1ccccc1)N1N=CO[C@@H]1SC(=O)OC(C)(C)C. The van der Waals surface area contributed by atoms with Gasteiger partial charge in [-0.1, -0.05) is 56.3 Å². The van der Waals surface area contributed by atoms with Crippen molar-refractivity contribution >= 4 is 29.5 Å². The average Bonchev–Trinajstić information content (AvgIpc) is 3.04. The van der Waals surface area contributed by atoms with Crippen molar-refractivity contribution in [3.8, 4) is 0 Å². The molecule has 0 aromatic heterocycles. The first kappa shape index (κ1) is 22.3. The minimum Gasteiger partial charge on any atom is -0.452 e. The molecule has 154 valence electrons. The van der Waals surface area contributed by atoms with E-state index in [-0.39, 0.29) is 11.3 Å². The first-order valence-corrected chi connectivity index (χ1v) is 10.7. The third-order valence-electron chi connectivity index (χ3n) is 4.05. The van der Waals surface area contributed by atoms with Gasteiger partial charge in [-0.05, 0) is 51.5 Å². The number of rotatable bonds is 8. The maximum absolute atomic E-state index is 12.2. The summed E-state index contributed by atoms with van der Waals surface area (Å²) in [6.07, 6.45) is 8.61. The fraction of sp³-hybridized carbons (Fsp3) is 0.545. The van der Waals surface area contributed by atoms with Crippen LogP contribution in [0.3, 0.4) is 0 Å². The van der Waals surface area contributed by atoms with Gasteiger partial charge in [0.25, 0.3) is 0 Å². The van der Waals surface area contributed by atoms with E-state index in [1.807, 2.05) is 44.0 Å². The highest BCUT2D eigenvalue weighted by Crippen LogP contribution is 2.30. The van der Waals surface area contributed by atoms with Crippen LogP contribution in [0.25, 0.3) is 6.08 Å². The van der Waals surface area contributed by atoms with Crippen molar-refractivity contribution in [2.75, 3.05) is 0 Å². The van der Waals surface area contributed by atoms with Crippen molar-refractivity contribution in [3.63, 3.8) is 0 Å². The molecule has 0 spiro atoms. The summed E-state index contributed by atoms with van der Waals surface area (Å²) in [6.45, 7) is 9.97. The molecule has 0 saturated carbocycles. The zero-order valence-electron chi connectivity index (χ0n) is 17.5. The lowest BCUT2D eigenvalue weighted by molar-refractivity contribution is 0.0659. The molecule has 28 heavy (non-hydrogen) atoms. The Balaban J connectivity index is 1.95. The Morgan fingerprint density at radius 1 is 1.32 bits per heavy atom. The van der Waals surface area contributed by atoms with Gasteiger partial charge in [-0.2, -0.15) is 0 Å². The van der Waals surface area contributed by atoms with Crippen molar-refractivity contribution in [2.24, 2.45) is 11.0 Å². The number of carbonyl (C=O) groups is 1. The molecule has 2 atom stereocenters. The van der Waals surface area contributed by atoms with Crippen LogP contribution in [0.4, 0.5) is 4.79 Å². The third kappa shape index (κ3) is 7.97. The summed E-state index contributed by atoms with van der Waals surface area (Å²) in [5.74, 6) is 0.520. The van der Waals surface area contributed by atoms with Gasteiger partial charge in [-0.3, -0.25) is 0 Å². The Hall–Kier alpha value is -1.95. The molecule has 0 amide bonds. The molecular formula is C22H32N2O3S. The topological polar surface area (TPSA) is 51.1 Å². The number of hydrazone groups is 1. The third-order valence-corrected chi connectivity index (χ3v) is 4.86. The molecule has 0 aliphatic carbocycles. The van der Waals surface area contributed by atoms with Crippen LogP contribution in [0.1, 0.15) is 59.4 Å². The van der Waals surface area contributed by atoms with Crippen molar-refractivity contribution in [3.05, 3.63) is 42.0 Å². The predicted molar refractivity (Wildman–Crippen MR) is 117 cm³/mol. The second-order valence-corrected chi connectivity index (χ2v) is 9.27. The van der Waals surface area contributed by atoms with Gasteiger partial charge < -0.3 is 9.47 Å². The van der Waals surface area contributed by atoms with Crippen LogP contribution in [0.2, 0.25) is 0 Å². The standard InChI is InChI=1S/C22H32N2O3S/c1-17(2)15-19(14-10-9-13-18-11-7-6-8-12-18)24-20(26-16-23-24)28-21(25)27-22(3,4)5/h6-9,11-13,16-17,19-20H,10,14-15H2,1-5H3/t19?,20-/m1/s1. The van der Waals surface area contributed by atoms with Gasteiger partial charge in [-0.25, -0.2) is 9.80 Å². The molecule has 5 nitrogen and oxygen atoms in total. The molecule has 0 bridgehead atoms. The second-order valence-electron chi connectivity index (χ2n) is 8.30. The fourth-order valence-corrected chi connectivity index (χ4v) is 3.83. The summed E-state index contributed by atoms with van der Waals surface area (Å²) < 4.78 is 11.0. The number of nitrogens with zero attached hydrogens (tertiary/aromatic N) is 2. The van der Waals surface area contributed by atoms with Gasteiger partial charge in [0.05, 0.1) is 6.04 Å². The molecule has 1 aliphatic heterocycles. The molecule has 1 heterocycles. The summed E-state index contributed by atoms with van der Waals surface area (Å²) in [5, 5.41) is 5.95. The van der Waals surface area contributed by atoms with Gasteiger partial charge in [0.1, 0.15) is 5.60 Å². The number of allylic oxidation sites excluding steroid dienone is 1. The Morgan fingerprint density at radius 3 is 2.68 bits per heavy atom. The Labute approximate surface area is 173 Å². The first-order valence-electron chi connectivity index (χ1n) is 9.82. The second kappa shape index (κ2) is 10.6. The van der Waals surface area contributed by atoms with Crippen molar-refractivity contribution in [1.29, 1.82) is 0 Å². The molecule has 6 heteroatoms. The minimum absolute atomic E-state index is 0.194. The fourth-order valence-electron chi connectivity index (χ4n) is 2.93. The van der Waals surface area contributed by atoms with Crippen LogP contribution < -0.4 is 0 Å². The Bertz CT molecular complexity index is 668. The molecule has 0 saturated heterocycles. The normalized spacial score (nSPS) is 17.9. The van der Waals surface area contributed by atoms with E-state index in [0.29, 0.717) is 5.92 Å². The quantitative estimate of drug-likeness (QED) is 0.488. The van der Waals surface area contributed by atoms with Gasteiger partial charge >= 0.3 is 5.30 Å². The summed E-state index contributed by atoms with van der Waals surface area (Å²) in [5.41, 5.74) is 0.203. The molecule has 0 fully saturated rings. The highest BCUT2D eigenvalue weighted by molar-refractivity contribution is 8.13. The van der Waals surface area contributed by atoms with Crippen LogP contribution in [0, 0.1) is 5.92 Å². The van der Waals surface area contributed by atoms with Gasteiger partial charge in [-0.15, -0.1) is 5.10 Å². The van der Waals surface area contributed by atoms with Gasteiger partial charge in [0.15, 0.2) is 6.40 Å². The highest BCUT2D eigenvalue weighted by atomic mass is 32.2. The van der Waals surface area contributed by atoms with E-state index < -0.39 is 11.2 Å². The van der Waals surface area contributed by atoms with Crippen LogP contribution in [-0.2, 0) is 9.47 Å². The lowest BCUT2D eigenvalue weighted by Crippen LogP contribution is -2.37. The minimum atomic E-state index is -0.520. The smallest absolute Gasteiger partial charge is 0.373 e. The number of benzene rings is 1. The van der Waals surface area contributed by atoms with E-state index in [1.165, 1.54) is 12.0 Å². The van der Waals surface area contributed by atoms with Crippen LogP contribution in [0.15, 0.2) is 41.5 Å². The molecule has 0 radical (unpaired) electrons. The highest BCUT2D eigenvalue weighted by Gasteiger charge is 2.33. The number of carbonyl (C=O) groups excluding carboxylic acids is 1. The first-order chi connectivity index (χ1) is 13.2. The van der Waals surface area contributed by atoms with E-state index in [2.05, 4.69) is 43.2 Å². The van der Waals surface area contributed by atoms with E-state index >= 15 is 0 Å². The maximum atomic E-state index is 12.2. The van der Waals surface area contributed by atoms with E-state index in [9.17, 15) is 4.79 Å². The molecule has 0 N–H and O–H groups in total. The molecular weight excluding hydrogens is 372 g/mol. The number of thioether (sulfide) groups is 1. The van der Waals surface area contributed by atoms with Crippen LogP contribution >= 0.6 is 11.8 Å². The maximum Gasteiger partial charge on any atom is 0.373 e. The molecule has 1 aliphatic rings. The number of hydrogen-bond acceptors (Lipinski definition) is 6. The van der Waals surface area contributed by atoms with Crippen LogP contribution in [0.5, 0.6) is 0 Å². The average molecular weight is 405 g/mol. The van der Waals surface area contributed by atoms with E-state index in [4.69, 9.17) is 9.47 Å². The summed E-state index contributed by atoms with van der Waals surface area (Å²) in [7, 11) is 0. The lowest BCUT2D eigenvalue weighted by Gasteiger charge is -2.31. The molecule has 2 rings (SSSR count). The molecule has 1 aromatic rings. The van der Waals surface area contributed by atoms with Gasteiger partial charge in [0, 0.05) is 11.8 Å². The Kier molecular flexibility index (Phi) is 8.42. The van der Waals surface area contributed by atoms with Crippen LogP contribution in [-0.4, -0.2) is 33.9 Å². The summed E-state index contributed by atoms with van der Waals surface area (Å²) in [4.78, 5) is 12.2. The van der Waals surface area contributed by atoms with Crippen molar-refractivity contribution < 1.29 is 14.3 Å². The largest absolute Gasteiger partial charge is 0.452 e. The van der Waals surface area contributed by atoms with E-state index in [0.717, 1.165) is 31.0 Å². The van der Waals surface area contributed by atoms with Gasteiger partial charge in [0.2, 0.25) is 5.56 Å². The number of hydrogen-bond donors (Lipinski definition) is 0. The lowest BCUT2D eigenvalue weighted by atomic mass is 9.99. The number of ether oxygens (including phenoxy) is 2. The summed E-state index contributed by atoms with van der Waals surface area (Å²) in [6, 6.07) is 10.5. The molecule has 1 unspecified atom stereocenters. The Morgan fingerprint density at radius 2 is 2.04 bits per heavy atom. The summed E-state index contributed by atoms with van der Waals surface area (Å²) >= 11 is 1.03. The monoisotopic (exact) mass is 404 g/mol. The van der Waals surface area contributed by atoms with Crippen molar-refractivity contribution in [2.45, 2.75) is 71.1 Å². The zero-order valence-corrected chi connectivity index (χ0v) is 18.3. The molecule has 1 aromatic carbocycles. The van der Waals surface area contributed by atoms with E-state index in [1.54, 1.807) is 0 Å². The zero-order chi connectivity index (χ0) is 20.6. The predicted octanol–water partition coefficient (Wildman–Crippen LogP) is 6.12.